The number of unbranched alkanes of at least 4 members (excludes halogenated alkanes) is 6. The Hall–Kier alpha value is -0.300. The van der Waals surface area contributed by atoms with E-state index in [1.165, 1.54) is 57.9 Å². The zero-order valence-electron chi connectivity index (χ0n) is 12.0. The SMILES string of the molecule is CC/C=C/CCCCCCCC[N+](C)(C)C. The average Bonchev–Trinajstić information content (AvgIpc) is 2.19. The minimum Gasteiger partial charge on any atom is -0.331 e. The largest absolute Gasteiger partial charge is 0.331 e. The fraction of sp³-hybridized carbons (Fsp3) is 0.867. The minimum atomic E-state index is 1.11. The summed E-state index contributed by atoms with van der Waals surface area (Å²) in [4.78, 5) is 0. The van der Waals surface area contributed by atoms with Gasteiger partial charge < -0.3 is 4.48 Å². The maximum atomic E-state index is 2.33. The molecule has 0 saturated heterocycles. The molecule has 96 valence electrons. The van der Waals surface area contributed by atoms with Crippen molar-refractivity contribution in [2.45, 2.75) is 58.3 Å². The van der Waals surface area contributed by atoms with Crippen molar-refractivity contribution in [3.8, 4) is 0 Å². The van der Waals surface area contributed by atoms with Crippen LogP contribution in [0.5, 0.6) is 0 Å². The van der Waals surface area contributed by atoms with Crippen LogP contribution in [0.4, 0.5) is 0 Å². The van der Waals surface area contributed by atoms with E-state index in [9.17, 15) is 0 Å². The molecule has 0 rings (SSSR count). The molecule has 0 aromatic rings. The summed E-state index contributed by atoms with van der Waals surface area (Å²) in [5.41, 5.74) is 0. The molecular formula is C15H32N+. The molecule has 16 heavy (non-hydrogen) atoms. The van der Waals surface area contributed by atoms with Crippen LogP contribution in [-0.4, -0.2) is 32.2 Å². The molecule has 0 aliphatic carbocycles. The number of quaternary nitrogens is 1. The maximum absolute atomic E-state index is 2.33. The highest BCUT2D eigenvalue weighted by Crippen LogP contribution is 2.08. The molecule has 0 radical (unpaired) electrons. The van der Waals surface area contributed by atoms with E-state index in [-0.39, 0.29) is 0 Å². The summed E-state index contributed by atoms with van der Waals surface area (Å²) in [6.07, 6.45) is 15.5. The Morgan fingerprint density at radius 2 is 1.31 bits per heavy atom. The van der Waals surface area contributed by atoms with E-state index < -0.39 is 0 Å². The van der Waals surface area contributed by atoms with Gasteiger partial charge in [-0.1, -0.05) is 38.3 Å². The molecule has 0 spiro atoms. The standard InChI is InChI=1S/C15H32N/c1-5-6-7-8-9-10-11-12-13-14-15-16(2,3)4/h6-7H,5,8-15H2,1-4H3/q+1/b7-6+. The van der Waals surface area contributed by atoms with E-state index in [1.54, 1.807) is 0 Å². The Kier molecular flexibility index (Phi) is 9.71. The molecule has 0 aromatic heterocycles. The van der Waals surface area contributed by atoms with Crippen LogP contribution < -0.4 is 0 Å². The number of nitrogens with zero attached hydrogens (tertiary/aromatic N) is 1. The smallest absolute Gasteiger partial charge is 0.0780 e. The average molecular weight is 226 g/mol. The molecule has 0 aromatic carbocycles. The third-order valence-corrected chi connectivity index (χ3v) is 2.85. The highest BCUT2D eigenvalue weighted by atomic mass is 15.3. The normalized spacial score (nSPS) is 12.5. The molecular weight excluding hydrogens is 194 g/mol. The summed E-state index contributed by atoms with van der Waals surface area (Å²) in [6.45, 7) is 3.52. The molecule has 1 nitrogen and oxygen atoms in total. The highest BCUT2D eigenvalue weighted by Gasteiger charge is 2.04. The van der Waals surface area contributed by atoms with Crippen molar-refractivity contribution in [2.75, 3.05) is 27.7 Å². The minimum absolute atomic E-state index is 1.11. The first-order chi connectivity index (χ1) is 7.56. The van der Waals surface area contributed by atoms with Crippen molar-refractivity contribution in [1.29, 1.82) is 0 Å². The Labute approximate surface area is 103 Å². The molecule has 0 aliphatic heterocycles. The summed E-state index contributed by atoms with van der Waals surface area (Å²) in [7, 11) is 6.83. The molecule has 0 bridgehead atoms. The molecule has 0 N–H and O–H groups in total. The maximum Gasteiger partial charge on any atom is 0.0780 e. The summed E-state index contributed by atoms with van der Waals surface area (Å²) >= 11 is 0. The van der Waals surface area contributed by atoms with Gasteiger partial charge in [-0.25, -0.2) is 0 Å². The van der Waals surface area contributed by atoms with E-state index in [4.69, 9.17) is 0 Å². The highest BCUT2D eigenvalue weighted by molar-refractivity contribution is 4.79. The van der Waals surface area contributed by atoms with E-state index >= 15 is 0 Å². The lowest BCUT2D eigenvalue weighted by molar-refractivity contribution is -0.870. The van der Waals surface area contributed by atoms with Crippen LogP contribution in [0.15, 0.2) is 12.2 Å². The summed E-state index contributed by atoms with van der Waals surface area (Å²) in [5, 5.41) is 0. The number of hydrogen-bond acceptors (Lipinski definition) is 0. The van der Waals surface area contributed by atoms with Gasteiger partial charge in [0.25, 0.3) is 0 Å². The van der Waals surface area contributed by atoms with Crippen LogP contribution >= 0.6 is 0 Å². The fourth-order valence-electron chi connectivity index (χ4n) is 1.84. The van der Waals surface area contributed by atoms with E-state index in [1.807, 2.05) is 0 Å². The van der Waals surface area contributed by atoms with Gasteiger partial charge in [-0.15, -0.1) is 0 Å². The Bertz CT molecular complexity index is 165. The van der Waals surface area contributed by atoms with Gasteiger partial charge in [0.05, 0.1) is 27.7 Å². The molecule has 0 aliphatic rings. The molecule has 0 fully saturated rings. The quantitative estimate of drug-likeness (QED) is 0.294. The Morgan fingerprint density at radius 1 is 0.750 bits per heavy atom. The molecule has 0 unspecified atom stereocenters. The van der Waals surface area contributed by atoms with Gasteiger partial charge in [0.1, 0.15) is 0 Å². The molecule has 0 saturated carbocycles. The molecule has 0 atom stereocenters. The number of hydrogen-bond donors (Lipinski definition) is 0. The predicted octanol–water partition coefficient (Wildman–Crippen LogP) is 4.39. The van der Waals surface area contributed by atoms with Crippen LogP contribution in [0.3, 0.4) is 0 Å². The van der Waals surface area contributed by atoms with Gasteiger partial charge in [0.2, 0.25) is 0 Å². The summed E-state index contributed by atoms with van der Waals surface area (Å²) in [5.74, 6) is 0. The first-order valence-electron chi connectivity index (χ1n) is 7.01. The number of allylic oxidation sites excluding steroid dienone is 2. The van der Waals surface area contributed by atoms with Gasteiger partial charge >= 0.3 is 0 Å². The van der Waals surface area contributed by atoms with Gasteiger partial charge in [-0.05, 0) is 32.1 Å². The van der Waals surface area contributed by atoms with E-state index in [0.29, 0.717) is 0 Å². The van der Waals surface area contributed by atoms with Gasteiger partial charge in [-0.2, -0.15) is 0 Å². The summed E-state index contributed by atoms with van der Waals surface area (Å²) < 4.78 is 1.11. The monoisotopic (exact) mass is 226 g/mol. The Morgan fingerprint density at radius 3 is 1.88 bits per heavy atom. The molecule has 1 heteroatoms. The molecule has 0 amide bonds. The van der Waals surface area contributed by atoms with Crippen LogP contribution in [0.1, 0.15) is 58.3 Å². The number of rotatable bonds is 10. The van der Waals surface area contributed by atoms with Gasteiger partial charge in [0.15, 0.2) is 0 Å². The molecule has 0 heterocycles. The predicted molar refractivity (Wildman–Crippen MR) is 74.6 cm³/mol. The first-order valence-corrected chi connectivity index (χ1v) is 7.01. The third kappa shape index (κ3) is 13.7. The zero-order chi connectivity index (χ0) is 12.3. The van der Waals surface area contributed by atoms with Gasteiger partial charge in [0, 0.05) is 0 Å². The van der Waals surface area contributed by atoms with Gasteiger partial charge in [-0.3, -0.25) is 0 Å². The van der Waals surface area contributed by atoms with Crippen molar-refractivity contribution in [3.05, 3.63) is 12.2 Å². The fourth-order valence-corrected chi connectivity index (χ4v) is 1.84. The topological polar surface area (TPSA) is 0 Å². The lowest BCUT2D eigenvalue weighted by Gasteiger charge is -2.23. The van der Waals surface area contributed by atoms with Crippen LogP contribution in [0.2, 0.25) is 0 Å². The second kappa shape index (κ2) is 9.89. The van der Waals surface area contributed by atoms with Crippen LogP contribution in [0, 0.1) is 0 Å². The van der Waals surface area contributed by atoms with Crippen molar-refractivity contribution in [3.63, 3.8) is 0 Å². The van der Waals surface area contributed by atoms with Crippen LogP contribution in [-0.2, 0) is 0 Å². The van der Waals surface area contributed by atoms with Crippen LogP contribution in [0.25, 0.3) is 0 Å². The van der Waals surface area contributed by atoms with Crippen molar-refractivity contribution in [1.82, 2.24) is 0 Å². The van der Waals surface area contributed by atoms with E-state index in [0.717, 1.165) is 4.48 Å². The first kappa shape index (κ1) is 15.7. The zero-order valence-corrected chi connectivity index (χ0v) is 12.0. The lowest BCUT2D eigenvalue weighted by atomic mass is 10.1. The van der Waals surface area contributed by atoms with Crippen molar-refractivity contribution < 1.29 is 4.48 Å². The van der Waals surface area contributed by atoms with E-state index in [2.05, 4.69) is 40.2 Å². The second-order valence-corrected chi connectivity index (χ2v) is 5.80. The second-order valence-electron chi connectivity index (χ2n) is 5.80. The third-order valence-electron chi connectivity index (χ3n) is 2.85. The summed E-state index contributed by atoms with van der Waals surface area (Å²) in [6, 6.07) is 0. The Balaban J connectivity index is 3.07. The van der Waals surface area contributed by atoms with Crippen molar-refractivity contribution >= 4 is 0 Å². The van der Waals surface area contributed by atoms with Crippen molar-refractivity contribution in [2.24, 2.45) is 0 Å². The lowest BCUT2D eigenvalue weighted by Crippen LogP contribution is -2.35.